The minimum Gasteiger partial charge on any atom is -0.462 e. The molecule has 30 heavy (non-hydrogen) atoms. The lowest BCUT2D eigenvalue weighted by atomic mass is 9.74. The van der Waals surface area contributed by atoms with Crippen LogP contribution >= 0.6 is 0 Å². The minimum atomic E-state index is -0.714. The number of carbonyl (C=O) groups is 2. The van der Waals surface area contributed by atoms with Gasteiger partial charge in [0.15, 0.2) is 0 Å². The van der Waals surface area contributed by atoms with Gasteiger partial charge in [0, 0.05) is 31.8 Å². The van der Waals surface area contributed by atoms with E-state index in [-0.39, 0.29) is 35.5 Å². The van der Waals surface area contributed by atoms with Gasteiger partial charge in [-0.25, -0.2) is 0 Å². The standard InChI is InChI=1S/C24H34O6/c1-14-8-7-9-15(2)22-18(11-10-14)19(13-27-23(22)29-17(4)26)20(28-16(3)25)12-21-24(5,6)30-21/h8,13,18,20-23H,2,7,9-12H2,1,3-6H3/b14-8+/t18-,20?,21?,22+,23-/m1/s1. The third-order valence-electron chi connectivity index (χ3n) is 6.33. The van der Waals surface area contributed by atoms with Crippen molar-refractivity contribution >= 4 is 11.9 Å². The summed E-state index contributed by atoms with van der Waals surface area (Å²) in [4.78, 5) is 23.6. The molecule has 3 aliphatic rings. The Balaban J connectivity index is 1.94. The summed E-state index contributed by atoms with van der Waals surface area (Å²) in [5.74, 6) is -0.902. The molecule has 2 heterocycles. The molecule has 1 fully saturated rings. The van der Waals surface area contributed by atoms with E-state index in [1.54, 1.807) is 6.26 Å². The number of carbonyl (C=O) groups excluding carboxylic acids is 2. The molecule has 0 amide bonds. The maximum atomic E-state index is 11.9. The summed E-state index contributed by atoms with van der Waals surface area (Å²) in [5, 5.41) is 0. The number of hydrogen-bond acceptors (Lipinski definition) is 6. The van der Waals surface area contributed by atoms with Gasteiger partial charge in [0.1, 0.15) is 6.10 Å². The molecule has 166 valence electrons. The van der Waals surface area contributed by atoms with Crippen molar-refractivity contribution in [1.29, 1.82) is 0 Å². The van der Waals surface area contributed by atoms with Crippen LogP contribution in [-0.4, -0.2) is 36.0 Å². The van der Waals surface area contributed by atoms with Crippen LogP contribution in [0.1, 0.15) is 66.7 Å². The fourth-order valence-corrected chi connectivity index (χ4v) is 4.58. The quantitative estimate of drug-likeness (QED) is 0.369. The average Bonchev–Trinajstić information content (AvgIpc) is 3.21. The Morgan fingerprint density at radius 1 is 1.27 bits per heavy atom. The maximum Gasteiger partial charge on any atom is 0.305 e. The monoisotopic (exact) mass is 418 g/mol. The summed E-state index contributed by atoms with van der Waals surface area (Å²) in [6.07, 6.45) is 6.77. The normalized spacial score (nSPS) is 33.2. The number of allylic oxidation sites excluding steroid dienone is 2. The van der Waals surface area contributed by atoms with Crippen LogP contribution < -0.4 is 0 Å². The van der Waals surface area contributed by atoms with Crippen LogP contribution in [0.5, 0.6) is 0 Å². The Hall–Kier alpha value is -2.08. The third-order valence-corrected chi connectivity index (χ3v) is 6.33. The molecule has 2 aliphatic heterocycles. The summed E-state index contributed by atoms with van der Waals surface area (Å²) in [6, 6.07) is 0. The van der Waals surface area contributed by atoms with Crippen LogP contribution in [0.15, 0.2) is 35.6 Å². The molecular weight excluding hydrogens is 384 g/mol. The molecule has 0 spiro atoms. The first-order valence-electron chi connectivity index (χ1n) is 10.8. The van der Waals surface area contributed by atoms with Gasteiger partial charge in [0.05, 0.1) is 23.9 Å². The number of fused-ring (bicyclic) bond motifs is 1. The van der Waals surface area contributed by atoms with Crippen molar-refractivity contribution in [3.05, 3.63) is 35.6 Å². The van der Waals surface area contributed by atoms with E-state index in [1.165, 1.54) is 19.4 Å². The highest BCUT2D eigenvalue weighted by atomic mass is 16.7. The lowest BCUT2D eigenvalue weighted by molar-refractivity contribution is -0.181. The Kier molecular flexibility index (Phi) is 6.75. The summed E-state index contributed by atoms with van der Waals surface area (Å²) < 4.78 is 22.9. The predicted molar refractivity (Wildman–Crippen MR) is 112 cm³/mol. The van der Waals surface area contributed by atoms with Crippen molar-refractivity contribution in [3.63, 3.8) is 0 Å². The molecular formula is C24H34O6. The Morgan fingerprint density at radius 2 is 1.97 bits per heavy atom. The highest BCUT2D eigenvalue weighted by Crippen LogP contribution is 2.46. The molecule has 0 bridgehead atoms. The van der Waals surface area contributed by atoms with E-state index in [1.807, 2.05) is 13.8 Å². The van der Waals surface area contributed by atoms with Crippen LogP contribution in [0.4, 0.5) is 0 Å². The molecule has 0 saturated carbocycles. The van der Waals surface area contributed by atoms with Crippen molar-refractivity contribution in [2.75, 3.05) is 0 Å². The fourth-order valence-electron chi connectivity index (χ4n) is 4.58. The minimum absolute atomic E-state index is 0.00302. The van der Waals surface area contributed by atoms with E-state index in [2.05, 4.69) is 19.6 Å². The van der Waals surface area contributed by atoms with Crippen LogP contribution in [0.25, 0.3) is 0 Å². The molecule has 1 aliphatic carbocycles. The van der Waals surface area contributed by atoms with Crippen LogP contribution in [0, 0.1) is 11.8 Å². The first-order chi connectivity index (χ1) is 14.1. The highest BCUT2D eigenvalue weighted by Gasteiger charge is 2.51. The van der Waals surface area contributed by atoms with Gasteiger partial charge in [-0.05, 0) is 46.5 Å². The molecule has 1 saturated heterocycles. The predicted octanol–water partition coefficient (Wildman–Crippen LogP) is 4.60. The Labute approximate surface area is 179 Å². The third kappa shape index (κ3) is 5.34. The number of hydrogen-bond donors (Lipinski definition) is 0. The van der Waals surface area contributed by atoms with Crippen LogP contribution in [0.2, 0.25) is 0 Å². The zero-order valence-corrected chi connectivity index (χ0v) is 18.7. The molecule has 0 radical (unpaired) electrons. The van der Waals surface area contributed by atoms with Crippen molar-refractivity contribution in [2.45, 2.75) is 90.8 Å². The van der Waals surface area contributed by atoms with Crippen molar-refractivity contribution in [2.24, 2.45) is 11.8 Å². The van der Waals surface area contributed by atoms with Gasteiger partial charge < -0.3 is 18.9 Å². The molecule has 5 atom stereocenters. The molecule has 6 nitrogen and oxygen atoms in total. The topological polar surface area (TPSA) is 74.4 Å². The summed E-state index contributed by atoms with van der Waals surface area (Å²) in [5.41, 5.74) is 3.03. The van der Waals surface area contributed by atoms with Crippen LogP contribution in [-0.2, 0) is 28.5 Å². The second kappa shape index (κ2) is 8.96. The number of ether oxygens (including phenoxy) is 4. The van der Waals surface area contributed by atoms with Gasteiger partial charge in [-0.15, -0.1) is 0 Å². The fraction of sp³-hybridized carbons (Fsp3) is 0.667. The van der Waals surface area contributed by atoms with E-state index >= 15 is 0 Å². The molecule has 2 unspecified atom stereocenters. The van der Waals surface area contributed by atoms with E-state index in [9.17, 15) is 9.59 Å². The van der Waals surface area contributed by atoms with Crippen molar-refractivity contribution in [3.8, 4) is 0 Å². The number of epoxide rings is 1. The molecule has 0 N–H and O–H groups in total. The van der Waals surface area contributed by atoms with E-state index in [4.69, 9.17) is 18.9 Å². The molecule has 6 heteroatoms. The Morgan fingerprint density at radius 3 is 2.57 bits per heavy atom. The zero-order valence-electron chi connectivity index (χ0n) is 18.7. The smallest absolute Gasteiger partial charge is 0.305 e. The first kappa shape index (κ1) is 22.6. The second-order valence-corrected chi connectivity index (χ2v) is 9.19. The molecule has 0 aromatic carbocycles. The van der Waals surface area contributed by atoms with Gasteiger partial charge >= 0.3 is 11.9 Å². The molecule has 3 rings (SSSR count). The van der Waals surface area contributed by atoms with E-state index < -0.39 is 12.4 Å². The van der Waals surface area contributed by atoms with Crippen LogP contribution in [0.3, 0.4) is 0 Å². The molecule has 0 aromatic rings. The van der Waals surface area contributed by atoms with Gasteiger partial charge in [-0.1, -0.05) is 23.8 Å². The maximum absolute atomic E-state index is 11.9. The SMILES string of the molecule is C=C1CC/C=C(\C)CC[C@@H]2C(C(CC3OC3(C)C)OC(C)=O)=CO[C@H](OC(C)=O)[C@@H]12. The van der Waals surface area contributed by atoms with Gasteiger partial charge in [0.2, 0.25) is 6.29 Å². The summed E-state index contributed by atoms with van der Waals surface area (Å²) in [6.45, 7) is 13.3. The number of esters is 2. The van der Waals surface area contributed by atoms with E-state index in [0.717, 1.165) is 36.8 Å². The largest absolute Gasteiger partial charge is 0.462 e. The lowest BCUT2D eigenvalue weighted by Gasteiger charge is -2.40. The summed E-state index contributed by atoms with van der Waals surface area (Å²) in [7, 11) is 0. The van der Waals surface area contributed by atoms with E-state index in [0.29, 0.717) is 6.42 Å². The second-order valence-electron chi connectivity index (χ2n) is 9.19. The van der Waals surface area contributed by atoms with Gasteiger partial charge in [-0.3, -0.25) is 9.59 Å². The number of rotatable bonds is 5. The Bertz CT molecular complexity index is 762. The highest BCUT2D eigenvalue weighted by molar-refractivity contribution is 5.67. The van der Waals surface area contributed by atoms with Gasteiger partial charge in [0.25, 0.3) is 0 Å². The van der Waals surface area contributed by atoms with Gasteiger partial charge in [-0.2, -0.15) is 0 Å². The lowest BCUT2D eigenvalue weighted by Crippen LogP contribution is -2.41. The molecule has 0 aromatic heterocycles. The van der Waals surface area contributed by atoms with Crippen molar-refractivity contribution in [1.82, 2.24) is 0 Å². The first-order valence-corrected chi connectivity index (χ1v) is 10.8. The van der Waals surface area contributed by atoms with Crippen molar-refractivity contribution < 1.29 is 28.5 Å². The summed E-state index contributed by atoms with van der Waals surface area (Å²) >= 11 is 0. The average molecular weight is 419 g/mol. The zero-order chi connectivity index (χ0) is 22.1.